The molecule has 0 saturated carbocycles. The monoisotopic (exact) mass is 262 g/mol. The van der Waals surface area contributed by atoms with Crippen LogP contribution in [0.1, 0.15) is 45.7 Å². The third kappa shape index (κ3) is 3.90. The van der Waals surface area contributed by atoms with Crippen molar-refractivity contribution in [3.05, 3.63) is 18.1 Å². The van der Waals surface area contributed by atoms with E-state index in [2.05, 4.69) is 36.0 Å². The van der Waals surface area contributed by atoms with E-state index >= 15 is 0 Å². The van der Waals surface area contributed by atoms with E-state index in [-0.39, 0.29) is 0 Å². The van der Waals surface area contributed by atoms with Gasteiger partial charge in [-0.25, -0.2) is 4.98 Å². The zero-order valence-electron chi connectivity index (χ0n) is 12.4. The molecule has 0 aromatic carbocycles. The van der Waals surface area contributed by atoms with Crippen molar-refractivity contribution in [1.82, 2.24) is 15.3 Å². The van der Waals surface area contributed by atoms with Gasteiger partial charge in [-0.2, -0.15) is 0 Å². The summed E-state index contributed by atoms with van der Waals surface area (Å²) in [6.45, 7) is 9.63. The maximum atomic E-state index is 4.75. The molecule has 1 saturated heterocycles. The van der Waals surface area contributed by atoms with Crippen molar-refractivity contribution in [2.75, 3.05) is 18.0 Å². The Labute approximate surface area is 116 Å². The summed E-state index contributed by atoms with van der Waals surface area (Å²) in [5.74, 6) is 1.72. The summed E-state index contributed by atoms with van der Waals surface area (Å²) in [6, 6.07) is 0.646. The maximum absolute atomic E-state index is 4.75. The molecule has 0 bridgehead atoms. The Hall–Kier alpha value is -1.16. The van der Waals surface area contributed by atoms with E-state index in [0.29, 0.717) is 12.0 Å². The zero-order valence-corrected chi connectivity index (χ0v) is 12.4. The minimum atomic E-state index is 0.646. The van der Waals surface area contributed by atoms with Gasteiger partial charge in [0.05, 0.1) is 11.9 Å². The van der Waals surface area contributed by atoms with Crippen LogP contribution in [0.15, 0.2) is 12.4 Å². The number of nitrogens with one attached hydrogen (secondary N) is 1. The molecule has 1 aromatic rings. The number of hydrogen-bond acceptors (Lipinski definition) is 4. The van der Waals surface area contributed by atoms with Crippen LogP contribution < -0.4 is 10.2 Å². The Bertz CT molecular complexity index is 391. The van der Waals surface area contributed by atoms with E-state index < -0.39 is 0 Å². The first-order valence-electron chi connectivity index (χ1n) is 7.49. The summed E-state index contributed by atoms with van der Waals surface area (Å²) in [7, 11) is 0. The highest BCUT2D eigenvalue weighted by atomic mass is 15.2. The molecule has 4 nitrogen and oxygen atoms in total. The molecule has 1 unspecified atom stereocenters. The number of aromatic nitrogens is 2. The van der Waals surface area contributed by atoms with Crippen molar-refractivity contribution in [1.29, 1.82) is 0 Å². The van der Waals surface area contributed by atoms with E-state index in [4.69, 9.17) is 4.98 Å². The number of rotatable bonds is 6. The van der Waals surface area contributed by atoms with Crippen LogP contribution in [-0.4, -0.2) is 29.1 Å². The average Bonchev–Trinajstić information content (AvgIpc) is 2.87. The van der Waals surface area contributed by atoms with Crippen molar-refractivity contribution in [2.45, 2.75) is 52.6 Å². The van der Waals surface area contributed by atoms with Crippen molar-refractivity contribution in [2.24, 2.45) is 5.92 Å². The van der Waals surface area contributed by atoms with E-state index in [9.17, 15) is 0 Å². The second-order valence-corrected chi connectivity index (χ2v) is 5.79. The lowest BCUT2D eigenvalue weighted by molar-refractivity contribution is 0.547. The van der Waals surface area contributed by atoms with Gasteiger partial charge < -0.3 is 10.2 Å². The smallest absolute Gasteiger partial charge is 0.147 e. The Kier molecular flexibility index (Phi) is 5.14. The van der Waals surface area contributed by atoms with Gasteiger partial charge in [0.2, 0.25) is 0 Å². The van der Waals surface area contributed by atoms with Gasteiger partial charge in [0, 0.05) is 25.3 Å². The van der Waals surface area contributed by atoms with Crippen molar-refractivity contribution < 1.29 is 0 Å². The summed E-state index contributed by atoms with van der Waals surface area (Å²) in [5.41, 5.74) is 1.04. The SMILES string of the molecule is CCC1CCCN1c1cncc(CNCC(C)C)n1. The van der Waals surface area contributed by atoms with Crippen LogP contribution in [0.2, 0.25) is 0 Å². The highest BCUT2D eigenvalue weighted by Gasteiger charge is 2.24. The van der Waals surface area contributed by atoms with Crippen LogP contribution in [0.3, 0.4) is 0 Å². The molecule has 1 aliphatic rings. The quantitative estimate of drug-likeness (QED) is 0.855. The summed E-state index contributed by atoms with van der Waals surface area (Å²) >= 11 is 0. The number of nitrogens with zero attached hydrogens (tertiary/aromatic N) is 3. The van der Waals surface area contributed by atoms with Gasteiger partial charge in [0.15, 0.2) is 0 Å². The molecule has 106 valence electrons. The van der Waals surface area contributed by atoms with Gasteiger partial charge in [-0.05, 0) is 31.7 Å². The fourth-order valence-electron chi connectivity index (χ4n) is 2.67. The van der Waals surface area contributed by atoms with Gasteiger partial charge in [-0.1, -0.05) is 20.8 Å². The van der Waals surface area contributed by atoms with Crippen LogP contribution >= 0.6 is 0 Å². The average molecular weight is 262 g/mol. The number of anilines is 1. The number of hydrogen-bond donors (Lipinski definition) is 1. The molecule has 2 heterocycles. The van der Waals surface area contributed by atoms with Crippen LogP contribution in [0.25, 0.3) is 0 Å². The fourth-order valence-corrected chi connectivity index (χ4v) is 2.67. The standard InChI is InChI=1S/C15H26N4/c1-4-14-6-5-7-19(14)15-11-17-10-13(18-15)9-16-8-12(2)3/h10-12,14,16H,4-9H2,1-3H3. The van der Waals surface area contributed by atoms with E-state index in [0.717, 1.165) is 31.1 Å². The van der Waals surface area contributed by atoms with Crippen molar-refractivity contribution >= 4 is 5.82 Å². The molecule has 2 rings (SSSR count). The summed E-state index contributed by atoms with van der Waals surface area (Å²) in [6.07, 6.45) is 7.52. The first-order chi connectivity index (χ1) is 9.20. The van der Waals surface area contributed by atoms with Crippen LogP contribution in [0, 0.1) is 5.92 Å². The maximum Gasteiger partial charge on any atom is 0.147 e. The summed E-state index contributed by atoms with van der Waals surface area (Å²) in [5, 5.41) is 3.42. The van der Waals surface area contributed by atoms with E-state index in [1.807, 2.05) is 12.4 Å². The van der Waals surface area contributed by atoms with Crippen LogP contribution in [0.5, 0.6) is 0 Å². The highest BCUT2D eigenvalue weighted by Crippen LogP contribution is 2.25. The van der Waals surface area contributed by atoms with Gasteiger partial charge in [-0.15, -0.1) is 0 Å². The molecular weight excluding hydrogens is 236 g/mol. The van der Waals surface area contributed by atoms with Gasteiger partial charge in [0.25, 0.3) is 0 Å². The minimum absolute atomic E-state index is 0.646. The predicted octanol–water partition coefficient (Wildman–Crippen LogP) is 2.60. The normalized spacial score (nSPS) is 19.4. The second-order valence-electron chi connectivity index (χ2n) is 5.79. The van der Waals surface area contributed by atoms with Gasteiger partial charge >= 0.3 is 0 Å². The molecule has 1 N–H and O–H groups in total. The molecule has 1 fully saturated rings. The lowest BCUT2D eigenvalue weighted by Crippen LogP contribution is -2.30. The van der Waals surface area contributed by atoms with Crippen LogP contribution in [-0.2, 0) is 6.54 Å². The molecule has 0 amide bonds. The molecule has 1 atom stereocenters. The van der Waals surface area contributed by atoms with Gasteiger partial charge in [-0.3, -0.25) is 4.98 Å². The summed E-state index contributed by atoms with van der Waals surface area (Å²) in [4.78, 5) is 11.5. The zero-order chi connectivity index (χ0) is 13.7. The molecule has 0 aliphatic carbocycles. The first kappa shape index (κ1) is 14.3. The fraction of sp³-hybridized carbons (Fsp3) is 0.733. The Morgan fingerprint density at radius 1 is 1.42 bits per heavy atom. The second kappa shape index (κ2) is 6.85. The third-order valence-corrected chi connectivity index (χ3v) is 3.67. The molecular formula is C15H26N4. The Morgan fingerprint density at radius 2 is 2.26 bits per heavy atom. The molecule has 1 aromatic heterocycles. The summed E-state index contributed by atoms with van der Waals surface area (Å²) < 4.78 is 0. The largest absolute Gasteiger partial charge is 0.352 e. The topological polar surface area (TPSA) is 41.1 Å². The molecule has 4 heteroatoms. The predicted molar refractivity (Wildman–Crippen MR) is 79.2 cm³/mol. The lowest BCUT2D eigenvalue weighted by Gasteiger charge is -2.24. The first-order valence-corrected chi connectivity index (χ1v) is 7.49. The Morgan fingerprint density at radius 3 is 3.00 bits per heavy atom. The minimum Gasteiger partial charge on any atom is -0.352 e. The van der Waals surface area contributed by atoms with Gasteiger partial charge in [0.1, 0.15) is 5.82 Å². The van der Waals surface area contributed by atoms with Crippen LogP contribution in [0.4, 0.5) is 5.82 Å². The van der Waals surface area contributed by atoms with E-state index in [1.54, 1.807) is 0 Å². The molecule has 19 heavy (non-hydrogen) atoms. The van der Waals surface area contributed by atoms with E-state index in [1.165, 1.54) is 19.3 Å². The molecule has 0 radical (unpaired) electrons. The van der Waals surface area contributed by atoms with Crippen molar-refractivity contribution in [3.8, 4) is 0 Å². The third-order valence-electron chi connectivity index (χ3n) is 3.67. The molecule has 1 aliphatic heterocycles. The molecule has 0 spiro atoms. The lowest BCUT2D eigenvalue weighted by atomic mass is 10.2. The van der Waals surface area contributed by atoms with Crippen molar-refractivity contribution in [3.63, 3.8) is 0 Å². The Balaban J connectivity index is 1.98. The highest BCUT2D eigenvalue weighted by molar-refractivity contribution is 5.39.